The Labute approximate surface area is 87.1 Å². The summed E-state index contributed by atoms with van der Waals surface area (Å²) in [6, 6.07) is 4.79. The molecule has 0 aromatic carbocycles. The number of halogens is 1. The van der Waals surface area contributed by atoms with Gasteiger partial charge >= 0.3 is 0 Å². The van der Waals surface area contributed by atoms with Gasteiger partial charge in [-0.25, -0.2) is 0 Å². The van der Waals surface area contributed by atoms with Crippen LogP contribution in [0.4, 0.5) is 0 Å². The van der Waals surface area contributed by atoms with Crippen molar-refractivity contribution in [3.8, 4) is 0 Å². The van der Waals surface area contributed by atoms with Crippen molar-refractivity contribution in [2.75, 3.05) is 6.54 Å². The van der Waals surface area contributed by atoms with Crippen LogP contribution in [0.15, 0.2) is 12.1 Å². The number of hydrogen-bond acceptors (Lipinski definition) is 3. The topological polar surface area (TPSA) is 38.0 Å². The molecule has 2 rings (SSSR count). The molecule has 2 nitrogen and oxygen atoms in total. The van der Waals surface area contributed by atoms with Gasteiger partial charge in [0.2, 0.25) is 0 Å². The van der Waals surface area contributed by atoms with E-state index in [2.05, 4.69) is 11.4 Å². The number of hydrogen-bond donors (Lipinski definition) is 2. The first-order valence-electron chi connectivity index (χ1n) is 4.50. The molecule has 1 fully saturated rings. The Morgan fingerprint density at radius 2 is 2.38 bits per heavy atom. The third-order valence-corrected chi connectivity index (χ3v) is 3.73. The van der Waals surface area contributed by atoms with Gasteiger partial charge in [-0.2, -0.15) is 0 Å². The molecular formula is C9H13ClN2S. The molecule has 0 saturated carbocycles. The van der Waals surface area contributed by atoms with Gasteiger partial charge in [0, 0.05) is 17.0 Å². The van der Waals surface area contributed by atoms with Gasteiger partial charge in [-0.15, -0.1) is 11.3 Å². The highest BCUT2D eigenvalue weighted by Gasteiger charge is 2.20. The summed E-state index contributed by atoms with van der Waals surface area (Å²) in [4.78, 5) is 1.31. The molecule has 1 aliphatic heterocycles. The van der Waals surface area contributed by atoms with Gasteiger partial charge in [0.05, 0.1) is 4.34 Å². The molecule has 0 radical (unpaired) electrons. The predicted molar refractivity (Wildman–Crippen MR) is 57.3 cm³/mol. The highest BCUT2D eigenvalue weighted by Crippen LogP contribution is 2.30. The molecule has 1 aromatic heterocycles. The van der Waals surface area contributed by atoms with Crippen molar-refractivity contribution in [2.45, 2.75) is 24.9 Å². The molecule has 2 atom stereocenters. The van der Waals surface area contributed by atoms with Gasteiger partial charge in [0.1, 0.15) is 0 Å². The molecule has 13 heavy (non-hydrogen) atoms. The van der Waals surface area contributed by atoms with E-state index in [-0.39, 0.29) is 0 Å². The average molecular weight is 217 g/mol. The molecule has 4 heteroatoms. The summed E-state index contributed by atoms with van der Waals surface area (Å²) in [7, 11) is 0. The number of nitrogens with two attached hydrogens (primary N) is 1. The molecule has 1 aliphatic rings. The minimum absolute atomic E-state index is 0.340. The summed E-state index contributed by atoms with van der Waals surface area (Å²) < 4.78 is 0.857. The van der Waals surface area contributed by atoms with E-state index < -0.39 is 0 Å². The maximum atomic E-state index is 5.90. The second kappa shape index (κ2) is 3.96. The Kier molecular flexibility index (Phi) is 2.89. The lowest BCUT2D eigenvalue weighted by atomic mass is 9.99. The first kappa shape index (κ1) is 9.46. The summed E-state index contributed by atoms with van der Waals surface area (Å²) in [6.07, 6.45) is 2.10. The molecule has 0 spiro atoms. The lowest BCUT2D eigenvalue weighted by Gasteiger charge is -2.27. The van der Waals surface area contributed by atoms with Crippen LogP contribution in [0.5, 0.6) is 0 Å². The van der Waals surface area contributed by atoms with Gasteiger partial charge < -0.3 is 11.1 Å². The Morgan fingerprint density at radius 3 is 3.00 bits per heavy atom. The summed E-state index contributed by atoms with van der Waals surface area (Å²) in [5, 5.41) is 3.45. The van der Waals surface area contributed by atoms with Crippen LogP contribution in [-0.2, 0) is 0 Å². The average Bonchev–Trinajstić information content (AvgIpc) is 2.52. The largest absolute Gasteiger partial charge is 0.328 e. The Hall–Kier alpha value is -0.0900. The molecule has 0 aliphatic carbocycles. The van der Waals surface area contributed by atoms with Crippen LogP contribution in [0.1, 0.15) is 23.8 Å². The molecule has 2 heterocycles. The van der Waals surface area contributed by atoms with Crippen LogP contribution < -0.4 is 11.1 Å². The second-order valence-electron chi connectivity index (χ2n) is 3.43. The van der Waals surface area contributed by atoms with E-state index in [0.717, 1.165) is 23.7 Å². The van der Waals surface area contributed by atoms with Crippen molar-refractivity contribution in [1.82, 2.24) is 5.32 Å². The van der Waals surface area contributed by atoms with Gasteiger partial charge in [0.15, 0.2) is 0 Å². The number of nitrogens with one attached hydrogen (secondary N) is 1. The number of piperidine rings is 1. The fraction of sp³-hybridized carbons (Fsp3) is 0.556. The highest BCUT2D eigenvalue weighted by atomic mass is 35.5. The molecule has 2 unspecified atom stereocenters. The third-order valence-electron chi connectivity index (χ3n) is 2.38. The van der Waals surface area contributed by atoms with E-state index in [0.29, 0.717) is 12.1 Å². The predicted octanol–water partition coefficient (Wildman–Crippen LogP) is 2.15. The number of rotatable bonds is 1. The zero-order valence-electron chi connectivity index (χ0n) is 7.29. The minimum Gasteiger partial charge on any atom is -0.328 e. The summed E-state index contributed by atoms with van der Waals surface area (Å²) in [5.74, 6) is 0. The van der Waals surface area contributed by atoms with E-state index in [1.54, 1.807) is 11.3 Å². The van der Waals surface area contributed by atoms with Crippen molar-refractivity contribution < 1.29 is 0 Å². The van der Waals surface area contributed by atoms with E-state index in [9.17, 15) is 0 Å². The van der Waals surface area contributed by atoms with Crippen LogP contribution in [0.3, 0.4) is 0 Å². The second-order valence-corrected chi connectivity index (χ2v) is 5.18. The lowest BCUT2D eigenvalue weighted by Crippen LogP contribution is -2.38. The number of thiophene rings is 1. The molecule has 1 saturated heterocycles. The molecule has 0 bridgehead atoms. The SMILES string of the molecule is NC1CCNC(c2ccc(Cl)s2)C1. The molecule has 0 amide bonds. The van der Waals surface area contributed by atoms with Crippen molar-refractivity contribution in [3.05, 3.63) is 21.3 Å². The van der Waals surface area contributed by atoms with E-state index >= 15 is 0 Å². The minimum atomic E-state index is 0.340. The maximum absolute atomic E-state index is 5.90. The van der Waals surface area contributed by atoms with Crippen LogP contribution in [0.25, 0.3) is 0 Å². The van der Waals surface area contributed by atoms with Gasteiger partial charge in [-0.3, -0.25) is 0 Å². The quantitative estimate of drug-likeness (QED) is 0.755. The Bertz CT molecular complexity index is 287. The first-order valence-corrected chi connectivity index (χ1v) is 5.69. The zero-order chi connectivity index (χ0) is 9.26. The first-order chi connectivity index (χ1) is 6.25. The van der Waals surface area contributed by atoms with Crippen LogP contribution in [-0.4, -0.2) is 12.6 Å². The van der Waals surface area contributed by atoms with Crippen molar-refractivity contribution in [1.29, 1.82) is 0 Å². The van der Waals surface area contributed by atoms with Crippen molar-refractivity contribution >= 4 is 22.9 Å². The van der Waals surface area contributed by atoms with E-state index in [1.807, 2.05) is 6.07 Å². The monoisotopic (exact) mass is 216 g/mol. The maximum Gasteiger partial charge on any atom is 0.0931 e. The molecule has 72 valence electrons. The summed E-state index contributed by atoms with van der Waals surface area (Å²) in [5.41, 5.74) is 5.90. The fourth-order valence-electron chi connectivity index (χ4n) is 1.68. The van der Waals surface area contributed by atoms with Crippen molar-refractivity contribution in [2.24, 2.45) is 5.73 Å². The normalized spacial score (nSPS) is 29.1. The fourth-order valence-corrected chi connectivity index (χ4v) is 2.83. The van der Waals surface area contributed by atoms with Gasteiger partial charge in [-0.05, 0) is 31.5 Å². The molecule has 1 aromatic rings. The van der Waals surface area contributed by atoms with Crippen LogP contribution >= 0.6 is 22.9 Å². The standard InChI is InChI=1S/C9H13ClN2S/c10-9-2-1-8(13-9)7-5-6(11)3-4-12-7/h1-2,6-7,12H,3-5,11H2. The highest BCUT2D eigenvalue weighted by molar-refractivity contribution is 7.16. The van der Waals surface area contributed by atoms with E-state index in [1.165, 1.54) is 4.88 Å². The summed E-state index contributed by atoms with van der Waals surface area (Å²) in [6.45, 7) is 1.02. The Balaban J connectivity index is 2.08. The smallest absolute Gasteiger partial charge is 0.0931 e. The van der Waals surface area contributed by atoms with Gasteiger partial charge in [-0.1, -0.05) is 11.6 Å². The Morgan fingerprint density at radius 1 is 1.54 bits per heavy atom. The van der Waals surface area contributed by atoms with Crippen LogP contribution in [0.2, 0.25) is 4.34 Å². The van der Waals surface area contributed by atoms with E-state index in [4.69, 9.17) is 17.3 Å². The molecular weight excluding hydrogens is 204 g/mol. The third kappa shape index (κ3) is 2.23. The van der Waals surface area contributed by atoms with Crippen molar-refractivity contribution in [3.63, 3.8) is 0 Å². The van der Waals surface area contributed by atoms with Gasteiger partial charge in [0.25, 0.3) is 0 Å². The molecule has 3 N–H and O–H groups in total. The summed E-state index contributed by atoms with van der Waals surface area (Å²) >= 11 is 7.52. The van der Waals surface area contributed by atoms with Crippen LogP contribution in [0, 0.1) is 0 Å². The zero-order valence-corrected chi connectivity index (χ0v) is 8.87. The lowest BCUT2D eigenvalue weighted by molar-refractivity contribution is 0.373.